The van der Waals surface area contributed by atoms with E-state index >= 15 is 0 Å². The molecule has 6 heteroatoms. The van der Waals surface area contributed by atoms with Gasteiger partial charge in [0.25, 0.3) is 0 Å². The first-order valence-electron chi connectivity index (χ1n) is 6.17. The van der Waals surface area contributed by atoms with Crippen LogP contribution in [-0.4, -0.2) is 33.9 Å². The Kier molecular flexibility index (Phi) is 5.61. The van der Waals surface area contributed by atoms with Crippen LogP contribution in [-0.2, 0) is 13.6 Å². The molecule has 2 rings (SSSR count). The van der Waals surface area contributed by atoms with Gasteiger partial charge in [-0.2, -0.15) is 0 Å². The average Bonchev–Trinajstić information content (AvgIpc) is 2.28. The third-order valence-corrected chi connectivity index (χ3v) is 5.10. The van der Waals surface area contributed by atoms with Crippen LogP contribution >= 0.6 is 7.60 Å². The van der Waals surface area contributed by atoms with E-state index in [-0.39, 0.29) is 30.1 Å². The maximum absolute atomic E-state index is 12.7. The SMILES string of the molecule is CC1CCOP(=O)(c2cccc([N+](C)(C)C)c2)O1.[I-]. The van der Waals surface area contributed by atoms with Crippen molar-refractivity contribution in [1.29, 1.82) is 0 Å². The summed E-state index contributed by atoms with van der Waals surface area (Å²) in [5, 5.41) is 0.652. The summed E-state index contributed by atoms with van der Waals surface area (Å²) in [7, 11) is 3.08. The number of nitrogens with zero attached hydrogens (tertiary/aromatic N) is 1. The average molecular weight is 397 g/mol. The third-order valence-electron chi connectivity index (χ3n) is 3.02. The van der Waals surface area contributed by atoms with Gasteiger partial charge in [-0.25, -0.2) is 0 Å². The summed E-state index contributed by atoms with van der Waals surface area (Å²) in [5.74, 6) is 0. The number of halogens is 1. The predicted molar refractivity (Wildman–Crippen MR) is 74.4 cm³/mol. The van der Waals surface area contributed by atoms with E-state index in [0.717, 1.165) is 12.1 Å². The van der Waals surface area contributed by atoms with Crippen LogP contribution in [0, 0.1) is 0 Å². The molecule has 4 nitrogen and oxygen atoms in total. The fourth-order valence-corrected chi connectivity index (χ4v) is 3.69. The fraction of sp³-hybridized carbons (Fsp3) is 0.538. The van der Waals surface area contributed by atoms with Gasteiger partial charge >= 0.3 is 7.60 Å². The lowest BCUT2D eigenvalue weighted by Crippen LogP contribution is -3.00. The number of quaternary nitrogens is 1. The zero-order chi connectivity index (χ0) is 13.4. The second-order valence-electron chi connectivity index (χ2n) is 5.57. The van der Waals surface area contributed by atoms with Gasteiger partial charge in [-0.1, -0.05) is 6.07 Å². The molecule has 1 aromatic rings. The predicted octanol–water partition coefficient (Wildman–Crippen LogP) is -0.469. The van der Waals surface area contributed by atoms with Crippen LogP contribution in [0.5, 0.6) is 0 Å². The van der Waals surface area contributed by atoms with Gasteiger partial charge in [0, 0.05) is 6.07 Å². The Morgan fingerprint density at radius 1 is 1.32 bits per heavy atom. The number of hydrogen-bond acceptors (Lipinski definition) is 3. The number of hydrogen-bond donors (Lipinski definition) is 0. The molecule has 1 aliphatic heterocycles. The van der Waals surface area contributed by atoms with Gasteiger partial charge in [-0.05, 0) is 25.5 Å². The van der Waals surface area contributed by atoms with Crippen LogP contribution in [0.1, 0.15) is 13.3 Å². The van der Waals surface area contributed by atoms with Gasteiger partial charge < -0.3 is 33.0 Å². The second-order valence-corrected chi connectivity index (χ2v) is 7.55. The molecule has 19 heavy (non-hydrogen) atoms. The molecular weight excluding hydrogens is 376 g/mol. The third kappa shape index (κ3) is 4.02. The normalized spacial score (nSPS) is 27.7. The molecule has 1 heterocycles. The molecule has 0 radical (unpaired) electrons. The van der Waals surface area contributed by atoms with Gasteiger partial charge in [0.05, 0.1) is 39.2 Å². The molecule has 0 aromatic heterocycles. The number of benzene rings is 1. The molecule has 0 N–H and O–H groups in total. The van der Waals surface area contributed by atoms with E-state index in [2.05, 4.69) is 21.1 Å². The highest BCUT2D eigenvalue weighted by atomic mass is 127. The molecule has 1 aliphatic rings. The fourth-order valence-electron chi connectivity index (χ4n) is 1.87. The van der Waals surface area contributed by atoms with E-state index in [0.29, 0.717) is 16.4 Å². The van der Waals surface area contributed by atoms with Gasteiger partial charge in [0.15, 0.2) is 0 Å². The minimum absolute atomic E-state index is 0. The van der Waals surface area contributed by atoms with Gasteiger partial charge in [0.2, 0.25) is 0 Å². The van der Waals surface area contributed by atoms with Crippen molar-refractivity contribution in [3.8, 4) is 0 Å². The molecule has 0 amide bonds. The smallest absolute Gasteiger partial charge is 0.361 e. The summed E-state index contributed by atoms with van der Waals surface area (Å²) in [4.78, 5) is 0. The molecule has 108 valence electrons. The minimum atomic E-state index is -3.13. The lowest BCUT2D eigenvalue weighted by molar-refractivity contribution is -0.0000127. The lowest BCUT2D eigenvalue weighted by atomic mass is 10.3. The Balaban J connectivity index is 0.00000180. The summed E-state index contributed by atoms with van der Waals surface area (Å²) in [6.45, 7) is 2.42. The molecule has 1 saturated heterocycles. The minimum Gasteiger partial charge on any atom is -1.00 e. The van der Waals surface area contributed by atoms with Crippen LogP contribution in [0.25, 0.3) is 0 Å². The maximum atomic E-state index is 12.7. The summed E-state index contributed by atoms with van der Waals surface area (Å²) in [5.41, 5.74) is 1.08. The first-order chi connectivity index (χ1) is 8.31. The lowest BCUT2D eigenvalue weighted by Gasteiger charge is -2.29. The van der Waals surface area contributed by atoms with Crippen molar-refractivity contribution >= 4 is 18.6 Å². The van der Waals surface area contributed by atoms with Crippen LogP contribution in [0.3, 0.4) is 0 Å². The monoisotopic (exact) mass is 397 g/mol. The standard InChI is InChI=1S/C13H21NO3P.HI/c1-11-8-9-16-18(15,17-11)13-7-5-6-12(10-13)14(2,3)4;/h5-7,10-11H,8-9H2,1-4H3;1H/q+1;/p-1. The van der Waals surface area contributed by atoms with Crippen molar-refractivity contribution in [2.45, 2.75) is 19.4 Å². The van der Waals surface area contributed by atoms with E-state index in [1.165, 1.54) is 0 Å². The quantitative estimate of drug-likeness (QED) is 0.385. The summed E-state index contributed by atoms with van der Waals surface area (Å²) >= 11 is 0. The van der Waals surface area contributed by atoms with Crippen LogP contribution < -0.4 is 33.8 Å². The molecule has 0 bridgehead atoms. The summed E-state index contributed by atoms with van der Waals surface area (Å²) in [6.07, 6.45) is 0.774. The Morgan fingerprint density at radius 3 is 2.58 bits per heavy atom. The molecule has 2 atom stereocenters. The molecular formula is C13H21INO3P. The largest absolute Gasteiger partial charge is 1.00 e. The zero-order valence-corrected chi connectivity index (χ0v) is 14.9. The van der Waals surface area contributed by atoms with Crippen LogP contribution in [0.15, 0.2) is 24.3 Å². The molecule has 2 unspecified atom stereocenters. The van der Waals surface area contributed by atoms with Crippen molar-refractivity contribution in [3.05, 3.63) is 24.3 Å². The Labute approximate surface area is 132 Å². The van der Waals surface area contributed by atoms with E-state index in [1.807, 2.05) is 31.2 Å². The van der Waals surface area contributed by atoms with Gasteiger partial charge in [-0.15, -0.1) is 0 Å². The highest BCUT2D eigenvalue weighted by Gasteiger charge is 2.34. The zero-order valence-electron chi connectivity index (χ0n) is 11.8. The topological polar surface area (TPSA) is 35.5 Å². The highest BCUT2D eigenvalue weighted by Crippen LogP contribution is 2.51. The molecule has 0 saturated carbocycles. The van der Waals surface area contributed by atoms with Crippen molar-refractivity contribution in [1.82, 2.24) is 4.48 Å². The van der Waals surface area contributed by atoms with Crippen molar-refractivity contribution in [2.75, 3.05) is 27.7 Å². The van der Waals surface area contributed by atoms with E-state index in [9.17, 15) is 4.57 Å². The van der Waals surface area contributed by atoms with E-state index in [1.54, 1.807) is 0 Å². The first kappa shape index (κ1) is 17.1. The van der Waals surface area contributed by atoms with Gasteiger partial charge in [0.1, 0.15) is 5.69 Å². The van der Waals surface area contributed by atoms with E-state index < -0.39 is 7.60 Å². The Morgan fingerprint density at radius 2 is 2.00 bits per heavy atom. The number of rotatable bonds is 2. The van der Waals surface area contributed by atoms with Gasteiger partial charge in [-0.3, -0.25) is 9.05 Å². The van der Waals surface area contributed by atoms with Crippen LogP contribution in [0.4, 0.5) is 5.69 Å². The maximum Gasteiger partial charge on any atom is 0.361 e. The molecule has 0 aliphatic carbocycles. The Bertz CT molecular complexity index is 487. The highest BCUT2D eigenvalue weighted by molar-refractivity contribution is 7.62. The Hall–Kier alpha value is 0.0600. The summed E-state index contributed by atoms with van der Waals surface area (Å²) in [6, 6.07) is 7.65. The van der Waals surface area contributed by atoms with Crippen molar-refractivity contribution < 1.29 is 37.6 Å². The van der Waals surface area contributed by atoms with Crippen LogP contribution in [0.2, 0.25) is 0 Å². The first-order valence-corrected chi connectivity index (χ1v) is 7.71. The van der Waals surface area contributed by atoms with E-state index in [4.69, 9.17) is 9.05 Å². The molecule has 1 aromatic carbocycles. The second kappa shape index (κ2) is 6.22. The van der Waals surface area contributed by atoms with Crippen molar-refractivity contribution in [2.24, 2.45) is 0 Å². The molecule has 0 spiro atoms. The van der Waals surface area contributed by atoms with Crippen molar-refractivity contribution in [3.63, 3.8) is 0 Å². The summed E-state index contributed by atoms with van der Waals surface area (Å²) < 4.78 is 24.3. The molecule has 1 fully saturated rings.